The maximum atomic E-state index is 10.4. The summed E-state index contributed by atoms with van der Waals surface area (Å²) in [6.07, 6.45) is 1.99. The van der Waals surface area contributed by atoms with E-state index in [4.69, 9.17) is 15.6 Å². The van der Waals surface area contributed by atoms with E-state index in [1.54, 1.807) is 0 Å². The molecule has 0 saturated carbocycles. The number of carbonyl (C=O) groups excluding carboxylic acids is 1. The topological polar surface area (TPSA) is 92.4 Å². The molecule has 70 valence electrons. The molecule has 1 heterocycles. The molecule has 1 rings (SSSR count). The number of carbonyl (C=O) groups is 2. The molecule has 0 aromatic carbocycles. The van der Waals surface area contributed by atoms with Crippen LogP contribution in [0.1, 0.15) is 19.8 Å². The van der Waals surface area contributed by atoms with Gasteiger partial charge in [-0.25, -0.2) is 0 Å². The summed E-state index contributed by atoms with van der Waals surface area (Å²) >= 11 is 0. The van der Waals surface area contributed by atoms with Gasteiger partial charge in [-0.1, -0.05) is 0 Å². The third-order valence-electron chi connectivity index (χ3n) is 1.40. The van der Waals surface area contributed by atoms with E-state index in [9.17, 15) is 4.79 Å². The lowest BCUT2D eigenvalue weighted by molar-refractivity contribution is -0.134. The van der Waals surface area contributed by atoms with Gasteiger partial charge in [0.25, 0.3) is 5.97 Å². The Morgan fingerprint density at radius 1 is 1.58 bits per heavy atom. The molecule has 0 bridgehead atoms. The van der Waals surface area contributed by atoms with Gasteiger partial charge in [0.2, 0.25) is 5.91 Å². The fourth-order valence-corrected chi connectivity index (χ4v) is 0.927. The summed E-state index contributed by atoms with van der Waals surface area (Å²) < 4.78 is 0. The number of amides is 1. The number of nitrogens with one attached hydrogen (secondary N) is 1. The van der Waals surface area contributed by atoms with Crippen LogP contribution in [0.5, 0.6) is 0 Å². The Morgan fingerprint density at radius 3 is 2.25 bits per heavy atom. The van der Waals surface area contributed by atoms with Gasteiger partial charge in [-0.3, -0.25) is 9.59 Å². The summed E-state index contributed by atoms with van der Waals surface area (Å²) in [4.78, 5) is 19.4. The fourth-order valence-electron chi connectivity index (χ4n) is 0.927. The van der Waals surface area contributed by atoms with Crippen LogP contribution in [-0.4, -0.2) is 29.6 Å². The van der Waals surface area contributed by atoms with Crippen molar-refractivity contribution in [1.82, 2.24) is 5.32 Å². The van der Waals surface area contributed by atoms with Crippen molar-refractivity contribution in [3.05, 3.63) is 0 Å². The molecule has 0 radical (unpaired) electrons. The summed E-state index contributed by atoms with van der Waals surface area (Å²) in [6, 6.07) is -0.0463. The molecule has 0 aromatic rings. The summed E-state index contributed by atoms with van der Waals surface area (Å²) in [7, 11) is 0. The number of hydrogen-bond donors (Lipinski definition) is 3. The Morgan fingerprint density at radius 2 is 2.08 bits per heavy atom. The van der Waals surface area contributed by atoms with E-state index < -0.39 is 5.97 Å². The normalized spacial score (nSPS) is 20.9. The number of carboxylic acids is 1. The molecule has 5 heteroatoms. The third kappa shape index (κ3) is 5.67. The van der Waals surface area contributed by atoms with Crippen LogP contribution in [0.25, 0.3) is 0 Å². The smallest absolute Gasteiger partial charge is 0.300 e. The average Bonchev–Trinajstić information content (AvgIpc) is 2.34. The molecule has 0 aromatic heterocycles. The van der Waals surface area contributed by atoms with Gasteiger partial charge >= 0.3 is 0 Å². The van der Waals surface area contributed by atoms with Crippen molar-refractivity contribution >= 4 is 11.9 Å². The van der Waals surface area contributed by atoms with Crippen molar-refractivity contribution in [2.45, 2.75) is 25.8 Å². The van der Waals surface area contributed by atoms with E-state index in [-0.39, 0.29) is 11.9 Å². The summed E-state index contributed by atoms with van der Waals surface area (Å²) in [5.41, 5.74) is 5.00. The molecule has 1 aliphatic heterocycles. The molecular formula is C7H14N2O3. The maximum Gasteiger partial charge on any atom is 0.300 e. The van der Waals surface area contributed by atoms with Gasteiger partial charge in [-0.15, -0.1) is 0 Å². The SMILES string of the molecule is CC(=O)O.NC(=O)C1CCCN1. The van der Waals surface area contributed by atoms with Crippen molar-refractivity contribution in [1.29, 1.82) is 0 Å². The second-order valence-corrected chi connectivity index (χ2v) is 2.57. The van der Waals surface area contributed by atoms with Crippen molar-refractivity contribution in [2.75, 3.05) is 6.54 Å². The maximum absolute atomic E-state index is 10.4. The van der Waals surface area contributed by atoms with E-state index in [0.29, 0.717) is 0 Å². The van der Waals surface area contributed by atoms with E-state index in [1.165, 1.54) is 0 Å². The van der Waals surface area contributed by atoms with E-state index in [0.717, 1.165) is 26.3 Å². The highest BCUT2D eigenvalue weighted by Crippen LogP contribution is 2.02. The van der Waals surface area contributed by atoms with Crippen LogP contribution in [0.2, 0.25) is 0 Å². The molecule has 1 aliphatic rings. The van der Waals surface area contributed by atoms with E-state index in [1.807, 2.05) is 0 Å². The Labute approximate surface area is 70.9 Å². The lowest BCUT2D eigenvalue weighted by atomic mass is 10.2. The van der Waals surface area contributed by atoms with Crippen LogP contribution in [0.4, 0.5) is 0 Å². The molecule has 1 amide bonds. The lowest BCUT2D eigenvalue weighted by Crippen LogP contribution is -2.36. The highest BCUT2D eigenvalue weighted by atomic mass is 16.4. The third-order valence-corrected chi connectivity index (χ3v) is 1.40. The van der Waals surface area contributed by atoms with E-state index >= 15 is 0 Å². The minimum atomic E-state index is -0.833. The lowest BCUT2D eigenvalue weighted by Gasteiger charge is -2.01. The number of aliphatic carboxylic acids is 1. The molecule has 4 N–H and O–H groups in total. The Bertz CT molecular complexity index is 160. The molecule has 12 heavy (non-hydrogen) atoms. The van der Waals surface area contributed by atoms with Crippen LogP contribution in [-0.2, 0) is 9.59 Å². The average molecular weight is 174 g/mol. The van der Waals surface area contributed by atoms with Gasteiger partial charge in [0.1, 0.15) is 0 Å². The highest BCUT2D eigenvalue weighted by Gasteiger charge is 2.18. The zero-order valence-electron chi connectivity index (χ0n) is 7.04. The highest BCUT2D eigenvalue weighted by molar-refractivity contribution is 5.80. The molecule has 1 unspecified atom stereocenters. The number of primary amides is 1. The van der Waals surface area contributed by atoms with Crippen LogP contribution >= 0.6 is 0 Å². The van der Waals surface area contributed by atoms with Gasteiger partial charge < -0.3 is 16.2 Å². The monoisotopic (exact) mass is 174 g/mol. The van der Waals surface area contributed by atoms with Gasteiger partial charge in [0.15, 0.2) is 0 Å². The summed E-state index contributed by atoms with van der Waals surface area (Å²) in [6.45, 7) is 2.02. The van der Waals surface area contributed by atoms with Crippen molar-refractivity contribution in [3.8, 4) is 0 Å². The molecule has 5 nitrogen and oxygen atoms in total. The summed E-state index contributed by atoms with van der Waals surface area (Å²) in [5, 5.41) is 10.4. The van der Waals surface area contributed by atoms with Gasteiger partial charge in [-0.2, -0.15) is 0 Å². The second-order valence-electron chi connectivity index (χ2n) is 2.57. The molecule has 1 saturated heterocycles. The van der Waals surface area contributed by atoms with Gasteiger partial charge in [0, 0.05) is 6.92 Å². The van der Waals surface area contributed by atoms with Crippen LogP contribution < -0.4 is 11.1 Å². The first-order valence-electron chi connectivity index (χ1n) is 3.76. The molecule has 1 fully saturated rings. The Hall–Kier alpha value is -1.10. The zero-order chi connectivity index (χ0) is 9.56. The minimum Gasteiger partial charge on any atom is -0.481 e. The van der Waals surface area contributed by atoms with E-state index in [2.05, 4.69) is 5.32 Å². The first kappa shape index (κ1) is 10.9. The second kappa shape index (κ2) is 5.54. The first-order valence-corrected chi connectivity index (χ1v) is 3.76. The Balaban J connectivity index is 0.000000261. The number of nitrogens with two attached hydrogens (primary N) is 1. The van der Waals surface area contributed by atoms with Crippen LogP contribution in [0.15, 0.2) is 0 Å². The number of hydrogen-bond acceptors (Lipinski definition) is 3. The molecule has 1 atom stereocenters. The molecule has 0 spiro atoms. The number of carboxylic acid groups (broad SMARTS) is 1. The quantitative estimate of drug-likeness (QED) is 0.490. The minimum absolute atomic E-state index is 0.0463. The van der Waals surface area contributed by atoms with Crippen LogP contribution in [0, 0.1) is 0 Å². The fraction of sp³-hybridized carbons (Fsp3) is 0.714. The predicted octanol–water partition coefficient (Wildman–Crippen LogP) is -0.685. The Kier molecular flexibility index (Phi) is 5.03. The predicted molar refractivity (Wildman–Crippen MR) is 43.5 cm³/mol. The number of rotatable bonds is 1. The molecular weight excluding hydrogens is 160 g/mol. The van der Waals surface area contributed by atoms with Crippen molar-refractivity contribution in [2.24, 2.45) is 5.73 Å². The standard InChI is InChI=1S/C5H10N2O.C2H4O2/c6-5(8)4-2-1-3-7-4;1-2(3)4/h4,7H,1-3H2,(H2,6,8);1H3,(H,3,4). The zero-order valence-corrected chi connectivity index (χ0v) is 7.04. The van der Waals surface area contributed by atoms with Gasteiger partial charge in [-0.05, 0) is 19.4 Å². The first-order chi connectivity index (χ1) is 5.54. The largest absolute Gasteiger partial charge is 0.481 e. The summed E-state index contributed by atoms with van der Waals surface area (Å²) in [5.74, 6) is -1.05. The van der Waals surface area contributed by atoms with Gasteiger partial charge in [0.05, 0.1) is 6.04 Å². The van der Waals surface area contributed by atoms with Crippen molar-refractivity contribution in [3.63, 3.8) is 0 Å². The molecule has 0 aliphatic carbocycles. The van der Waals surface area contributed by atoms with Crippen LogP contribution in [0.3, 0.4) is 0 Å². The van der Waals surface area contributed by atoms with Crippen molar-refractivity contribution < 1.29 is 14.7 Å².